The molecule has 0 spiro atoms. The van der Waals surface area contributed by atoms with Gasteiger partial charge >= 0.3 is 0 Å². The summed E-state index contributed by atoms with van der Waals surface area (Å²) in [5.41, 5.74) is 2.38. The zero-order valence-electron chi connectivity index (χ0n) is 16.2. The maximum absolute atomic E-state index is 13.1. The molecule has 0 saturated carbocycles. The molecule has 0 bridgehead atoms. The highest BCUT2D eigenvalue weighted by atomic mass is 32.2. The van der Waals surface area contributed by atoms with Gasteiger partial charge in [0.1, 0.15) is 10.6 Å². The van der Waals surface area contributed by atoms with Gasteiger partial charge in [0.05, 0.1) is 51.2 Å². The lowest BCUT2D eigenvalue weighted by Crippen LogP contribution is -3.14. The molecule has 2 aromatic rings. The molecule has 2 N–H and O–H groups in total. The quantitative estimate of drug-likeness (QED) is 0.785. The molecule has 1 fully saturated rings. The molecule has 1 heterocycles. The van der Waals surface area contributed by atoms with Gasteiger partial charge in [0.2, 0.25) is 0 Å². The van der Waals surface area contributed by atoms with E-state index in [2.05, 4.69) is 16.5 Å². The van der Waals surface area contributed by atoms with Crippen LogP contribution in [-0.2, 0) is 10.0 Å². The Labute approximate surface area is 161 Å². The number of ether oxygens (including phenoxy) is 1. The Morgan fingerprint density at radius 1 is 1.15 bits per heavy atom. The largest absolute Gasteiger partial charge is 0.495 e. The average Bonchev–Trinajstić information content (AvgIpc) is 2.68. The van der Waals surface area contributed by atoms with Crippen LogP contribution in [0.15, 0.2) is 47.4 Å². The van der Waals surface area contributed by atoms with Crippen molar-refractivity contribution in [2.24, 2.45) is 0 Å². The normalized spacial score (nSPS) is 15.6. The third kappa shape index (κ3) is 4.36. The Morgan fingerprint density at radius 2 is 1.85 bits per heavy atom. The van der Waals surface area contributed by atoms with Crippen LogP contribution in [0.4, 0.5) is 11.4 Å². The van der Waals surface area contributed by atoms with Gasteiger partial charge in [-0.2, -0.15) is 0 Å². The zero-order chi connectivity index (χ0) is 19.4. The molecule has 7 heteroatoms. The predicted octanol–water partition coefficient (Wildman–Crippen LogP) is 1.53. The van der Waals surface area contributed by atoms with Crippen molar-refractivity contribution in [2.75, 3.05) is 49.5 Å². The molecular formula is C20H28N3O3S+. The smallest absolute Gasteiger partial charge is 0.265 e. The highest BCUT2D eigenvalue weighted by Crippen LogP contribution is 2.31. The van der Waals surface area contributed by atoms with E-state index in [0.717, 1.165) is 44.0 Å². The number of piperazine rings is 1. The molecule has 3 rings (SSSR count). The van der Waals surface area contributed by atoms with E-state index in [9.17, 15) is 8.42 Å². The van der Waals surface area contributed by atoms with Crippen LogP contribution < -0.4 is 19.3 Å². The monoisotopic (exact) mass is 390 g/mol. The second-order valence-corrected chi connectivity index (χ2v) is 8.52. The van der Waals surface area contributed by atoms with Crippen LogP contribution in [0.3, 0.4) is 0 Å². The first kappa shape index (κ1) is 19.5. The number of aryl methyl sites for hydroxylation is 1. The van der Waals surface area contributed by atoms with Gasteiger partial charge in [0, 0.05) is 0 Å². The second-order valence-electron chi connectivity index (χ2n) is 6.87. The van der Waals surface area contributed by atoms with Crippen molar-refractivity contribution in [2.45, 2.75) is 18.7 Å². The number of nitrogens with zero attached hydrogens (tertiary/aromatic N) is 1. The van der Waals surface area contributed by atoms with E-state index >= 15 is 0 Å². The summed E-state index contributed by atoms with van der Waals surface area (Å²) in [6.07, 6.45) is 0. The number of para-hydroxylation sites is 2. The van der Waals surface area contributed by atoms with Crippen LogP contribution >= 0.6 is 0 Å². The SMILES string of the molecule is CC[NH+]1CCN(c2ccccc2NS(=O)(=O)c2cc(C)ccc2OC)CC1. The molecule has 146 valence electrons. The molecule has 1 aliphatic heterocycles. The van der Waals surface area contributed by atoms with Crippen LogP contribution in [-0.4, -0.2) is 48.3 Å². The Hall–Kier alpha value is -2.25. The average molecular weight is 391 g/mol. The van der Waals surface area contributed by atoms with Crippen LogP contribution in [0.1, 0.15) is 12.5 Å². The fourth-order valence-corrected chi connectivity index (χ4v) is 4.78. The van der Waals surface area contributed by atoms with Crippen LogP contribution in [0, 0.1) is 6.92 Å². The minimum Gasteiger partial charge on any atom is -0.495 e. The van der Waals surface area contributed by atoms with E-state index in [-0.39, 0.29) is 4.90 Å². The van der Waals surface area contributed by atoms with E-state index in [1.54, 1.807) is 17.0 Å². The molecule has 2 aromatic carbocycles. The van der Waals surface area contributed by atoms with Gasteiger partial charge in [-0.15, -0.1) is 0 Å². The molecule has 6 nitrogen and oxygen atoms in total. The number of rotatable bonds is 6. The summed E-state index contributed by atoms with van der Waals surface area (Å²) < 4.78 is 34.1. The highest BCUT2D eigenvalue weighted by Gasteiger charge is 2.24. The van der Waals surface area contributed by atoms with Gasteiger partial charge in [-0.1, -0.05) is 18.2 Å². The number of quaternary nitrogens is 1. The van der Waals surface area contributed by atoms with Crippen LogP contribution in [0.5, 0.6) is 5.75 Å². The Morgan fingerprint density at radius 3 is 2.52 bits per heavy atom. The van der Waals surface area contributed by atoms with Crippen LogP contribution in [0.2, 0.25) is 0 Å². The first-order valence-corrected chi connectivity index (χ1v) is 10.8. The Kier molecular flexibility index (Phi) is 5.92. The fourth-order valence-electron chi connectivity index (χ4n) is 3.45. The van der Waals surface area contributed by atoms with Gasteiger partial charge in [0.15, 0.2) is 0 Å². The van der Waals surface area contributed by atoms with Crippen LogP contribution in [0.25, 0.3) is 0 Å². The zero-order valence-corrected chi connectivity index (χ0v) is 17.0. The highest BCUT2D eigenvalue weighted by molar-refractivity contribution is 7.92. The topological polar surface area (TPSA) is 63.1 Å². The van der Waals surface area contributed by atoms with Crippen molar-refractivity contribution in [3.8, 4) is 5.75 Å². The lowest BCUT2D eigenvalue weighted by atomic mass is 10.2. The maximum atomic E-state index is 13.1. The summed E-state index contributed by atoms with van der Waals surface area (Å²) in [4.78, 5) is 3.98. The van der Waals surface area contributed by atoms with Gasteiger partial charge in [-0.25, -0.2) is 8.42 Å². The summed E-state index contributed by atoms with van der Waals surface area (Å²) in [6.45, 7) is 9.12. The first-order valence-electron chi connectivity index (χ1n) is 9.29. The number of sulfonamides is 1. The van der Waals surface area contributed by atoms with Crippen molar-refractivity contribution in [3.63, 3.8) is 0 Å². The summed E-state index contributed by atoms with van der Waals surface area (Å²) in [5, 5.41) is 0. The molecule has 0 aromatic heterocycles. The molecule has 1 aliphatic rings. The van der Waals surface area contributed by atoms with E-state index in [0.29, 0.717) is 11.4 Å². The van der Waals surface area contributed by atoms with Gasteiger partial charge in [-0.05, 0) is 43.7 Å². The van der Waals surface area contributed by atoms with E-state index in [4.69, 9.17) is 4.74 Å². The lowest BCUT2D eigenvalue weighted by Gasteiger charge is -2.34. The maximum Gasteiger partial charge on any atom is 0.265 e. The van der Waals surface area contributed by atoms with Crippen molar-refractivity contribution in [3.05, 3.63) is 48.0 Å². The van der Waals surface area contributed by atoms with Gasteiger partial charge in [0.25, 0.3) is 10.0 Å². The molecule has 27 heavy (non-hydrogen) atoms. The lowest BCUT2D eigenvalue weighted by molar-refractivity contribution is -0.898. The second kappa shape index (κ2) is 8.19. The molecule has 0 radical (unpaired) electrons. The number of anilines is 2. The third-order valence-corrected chi connectivity index (χ3v) is 6.45. The molecule has 0 amide bonds. The van der Waals surface area contributed by atoms with Crippen molar-refractivity contribution in [1.82, 2.24) is 0 Å². The van der Waals surface area contributed by atoms with Crippen molar-refractivity contribution < 1.29 is 18.1 Å². The summed E-state index contributed by atoms with van der Waals surface area (Å²) >= 11 is 0. The molecular weight excluding hydrogens is 362 g/mol. The molecule has 0 unspecified atom stereocenters. The Balaban J connectivity index is 1.89. The summed E-state index contributed by atoms with van der Waals surface area (Å²) in [7, 11) is -2.28. The number of benzene rings is 2. The van der Waals surface area contributed by atoms with E-state index in [1.165, 1.54) is 7.11 Å². The molecule has 0 aliphatic carbocycles. The number of hydrogen-bond donors (Lipinski definition) is 2. The molecule has 0 atom stereocenters. The number of hydrogen-bond acceptors (Lipinski definition) is 4. The number of methoxy groups -OCH3 is 1. The first-order chi connectivity index (χ1) is 12.9. The van der Waals surface area contributed by atoms with Gasteiger partial charge in [-0.3, -0.25) is 4.72 Å². The summed E-state index contributed by atoms with van der Waals surface area (Å²) in [6, 6.07) is 12.7. The van der Waals surface area contributed by atoms with Crippen molar-refractivity contribution in [1.29, 1.82) is 0 Å². The predicted molar refractivity (Wildman–Crippen MR) is 108 cm³/mol. The molecule has 1 saturated heterocycles. The van der Waals surface area contributed by atoms with E-state index < -0.39 is 10.0 Å². The fraction of sp³-hybridized carbons (Fsp3) is 0.400. The van der Waals surface area contributed by atoms with Gasteiger partial charge < -0.3 is 14.5 Å². The number of likely N-dealkylation sites (N-methyl/N-ethyl adjacent to an activating group) is 1. The standard InChI is InChI=1S/C20H27N3O3S/c1-4-22-11-13-23(14-12-22)18-8-6-5-7-17(18)21-27(24,25)20-15-16(2)9-10-19(20)26-3/h5-10,15,21H,4,11-14H2,1-3H3/p+1. The van der Waals surface area contributed by atoms with E-state index in [1.807, 2.05) is 37.3 Å². The summed E-state index contributed by atoms with van der Waals surface area (Å²) in [5.74, 6) is 0.339. The minimum atomic E-state index is -3.76. The Bertz CT molecular complexity index is 891. The number of nitrogens with one attached hydrogen (secondary N) is 2. The minimum absolute atomic E-state index is 0.153. The third-order valence-electron chi connectivity index (χ3n) is 5.07. The van der Waals surface area contributed by atoms with Crippen molar-refractivity contribution >= 4 is 21.4 Å².